The summed E-state index contributed by atoms with van der Waals surface area (Å²) < 4.78 is 15.9. The zero-order valence-electron chi connectivity index (χ0n) is 16.1. The van der Waals surface area contributed by atoms with Crippen molar-refractivity contribution in [2.45, 2.75) is 65.9 Å². The number of allylic oxidation sites excluding steroid dienone is 1. The fourth-order valence-electron chi connectivity index (χ4n) is 4.38. The summed E-state index contributed by atoms with van der Waals surface area (Å²) >= 11 is 0. The summed E-state index contributed by atoms with van der Waals surface area (Å²) in [6.45, 7) is 7.65. The van der Waals surface area contributed by atoms with Crippen LogP contribution in [0.3, 0.4) is 0 Å². The Morgan fingerprint density at radius 3 is 2.62 bits per heavy atom. The summed E-state index contributed by atoms with van der Waals surface area (Å²) in [7, 11) is -4.01. The van der Waals surface area contributed by atoms with E-state index in [0.717, 1.165) is 32.1 Å². The van der Waals surface area contributed by atoms with Crippen molar-refractivity contribution in [3.8, 4) is 0 Å². The van der Waals surface area contributed by atoms with Gasteiger partial charge in [-0.25, -0.2) is 4.79 Å². The maximum absolute atomic E-state index is 12.8. The van der Waals surface area contributed by atoms with Crippen LogP contribution in [0.1, 0.15) is 59.8 Å². The standard InChI is InChI=1S/C18H29N2O5P/c1-5-23-26(22,24-6-2)16(20-19)17(21)25-14-10-8-12-18(4)11-7-9-13(3)15(14)18/h9,14-15H,5-8,10-12H2,1-4H3/t14-,15-,18+/m0/s1. The zero-order valence-corrected chi connectivity index (χ0v) is 17.0. The van der Waals surface area contributed by atoms with Crippen LogP contribution in [-0.4, -0.2) is 30.7 Å². The molecule has 2 aliphatic carbocycles. The summed E-state index contributed by atoms with van der Waals surface area (Å²) in [6.07, 6.45) is 6.72. The Balaban J connectivity index is 2.31. The number of fused-ring (bicyclic) bond motifs is 1. The minimum atomic E-state index is -4.01. The van der Waals surface area contributed by atoms with Gasteiger partial charge in [0.2, 0.25) is 5.39 Å². The van der Waals surface area contributed by atoms with E-state index in [-0.39, 0.29) is 30.7 Å². The highest BCUT2D eigenvalue weighted by atomic mass is 31.2. The topological polar surface area (TPSA) is 96.0 Å². The fraction of sp³-hybridized carbons (Fsp3) is 0.778. The molecule has 1 saturated carbocycles. The summed E-state index contributed by atoms with van der Waals surface area (Å²) in [5.74, 6) is -0.821. The first-order chi connectivity index (χ1) is 12.3. The van der Waals surface area contributed by atoms with Crippen molar-refractivity contribution in [1.82, 2.24) is 0 Å². The predicted molar refractivity (Wildman–Crippen MR) is 98.6 cm³/mol. The van der Waals surface area contributed by atoms with Crippen LogP contribution in [0.5, 0.6) is 0 Å². The van der Waals surface area contributed by atoms with Crippen molar-refractivity contribution in [2.75, 3.05) is 13.2 Å². The second-order valence-corrected chi connectivity index (χ2v) is 9.15. The number of hydrogen-bond donors (Lipinski definition) is 0. The van der Waals surface area contributed by atoms with Gasteiger partial charge < -0.3 is 18.7 Å². The highest BCUT2D eigenvalue weighted by molar-refractivity contribution is 7.62. The lowest BCUT2D eigenvalue weighted by Crippen LogP contribution is -2.45. The molecule has 8 heteroatoms. The molecule has 2 aliphatic rings. The van der Waals surface area contributed by atoms with Crippen LogP contribution in [-0.2, 0) is 18.6 Å². The van der Waals surface area contributed by atoms with Crippen molar-refractivity contribution < 1.29 is 23.5 Å². The predicted octanol–water partition coefficient (Wildman–Crippen LogP) is 3.62. The average Bonchev–Trinajstić information content (AvgIpc) is 2.55. The van der Waals surface area contributed by atoms with Gasteiger partial charge in [-0.05, 0) is 58.3 Å². The molecular weight excluding hydrogens is 355 g/mol. The SMILES string of the molecule is CCOP([O-])(OCC)=C([N+]#N)C(=O)O[C@H]1CCC[C@@]2(C)CCC=C(C)[C@@H]12. The third kappa shape index (κ3) is 4.20. The molecule has 0 spiro atoms. The third-order valence-corrected chi connectivity index (χ3v) is 7.41. The van der Waals surface area contributed by atoms with Crippen molar-refractivity contribution >= 4 is 19.0 Å². The van der Waals surface area contributed by atoms with Gasteiger partial charge in [0.15, 0.2) is 12.5 Å². The molecule has 3 atom stereocenters. The first-order valence-electron chi connectivity index (χ1n) is 9.30. The van der Waals surface area contributed by atoms with Gasteiger partial charge in [-0.3, -0.25) is 0 Å². The van der Waals surface area contributed by atoms with Crippen LogP contribution >= 0.6 is 7.57 Å². The Morgan fingerprint density at radius 2 is 2.04 bits per heavy atom. The largest absolute Gasteiger partial charge is 0.782 e. The van der Waals surface area contributed by atoms with E-state index in [1.807, 2.05) is 0 Å². The normalized spacial score (nSPS) is 28.5. The first kappa shape index (κ1) is 21.1. The van der Waals surface area contributed by atoms with Crippen LogP contribution in [0.2, 0.25) is 0 Å². The van der Waals surface area contributed by atoms with Crippen molar-refractivity contribution in [3.05, 3.63) is 16.6 Å². The second kappa shape index (κ2) is 8.67. The van der Waals surface area contributed by atoms with E-state index in [1.54, 1.807) is 13.8 Å². The van der Waals surface area contributed by atoms with Crippen LogP contribution in [0.4, 0.5) is 0 Å². The fourth-order valence-corrected chi connectivity index (χ4v) is 5.77. The molecular formula is C18H29N2O5P. The highest BCUT2D eigenvalue weighted by Gasteiger charge is 2.47. The molecule has 146 valence electrons. The quantitative estimate of drug-likeness (QED) is 0.300. The maximum Gasteiger partial charge on any atom is 0.494 e. The van der Waals surface area contributed by atoms with E-state index in [2.05, 4.69) is 24.9 Å². The maximum atomic E-state index is 12.8. The number of diazo groups is 1. The van der Waals surface area contributed by atoms with E-state index < -0.39 is 19.0 Å². The van der Waals surface area contributed by atoms with Crippen LogP contribution < -0.4 is 4.89 Å². The molecule has 0 aromatic carbocycles. The molecule has 0 unspecified atom stereocenters. The van der Waals surface area contributed by atoms with Gasteiger partial charge >= 0.3 is 11.4 Å². The molecule has 0 aromatic heterocycles. The van der Waals surface area contributed by atoms with Crippen molar-refractivity contribution in [3.63, 3.8) is 0 Å². The Kier molecular flexibility index (Phi) is 7.04. The van der Waals surface area contributed by atoms with Crippen molar-refractivity contribution in [2.24, 2.45) is 11.3 Å². The highest BCUT2D eigenvalue weighted by Crippen LogP contribution is 2.51. The number of esters is 1. The zero-order chi connectivity index (χ0) is 19.4. The molecule has 2 rings (SSSR count). The summed E-state index contributed by atoms with van der Waals surface area (Å²) in [4.78, 5) is 28.4. The molecule has 0 bridgehead atoms. The molecule has 0 aliphatic heterocycles. The second-order valence-electron chi connectivity index (χ2n) is 7.21. The summed E-state index contributed by atoms with van der Waals surface area (Å²) in [6, 6.07) is 0. The third-order valence-electron chi connectivity index (χ3n) is 5.42. The van der Waals surface area contributed by atoms with Gasteiger partial charge in [0, 0.05) is 19.1 Å². The molecule has 0 aromatic rings. The van der Waals surface area contributed by atoms with E-state index in [0.29, 0.717) is 0 Å². The molecule has 0 amide bonds. The van der Waals surface area contributed by atoms with E-state index in [9.17, 15) is 15.1 Å². The minimum absolute atomic E-state index is 0.0511. The van der Waals surface area contributed by atoms with Crippen LogP contribution in [0, 0.1) is 16.7 Å². The van der Waals surface area contributed by atoms with Gasteiger partial charge in [-0.15, -0.1) is 0 Å². The van der Waals surface area contributed by atoms with E-state index in [1.165, 1.54) is 5.57 Å². The lowest BCUT2D eigenvalue weighted by atomic mass is 9.59. The molecule has 7 nitrogen and oxygen atoms in total. The Labute approximate surface area is 155 Å². The first-order valence-corrected chi connectivity index (χ1v) is 10.8. The van der Waals surface area contributed by atoms with Gasteiger partial charge in [0.05, 0.1) is 0 Å². The minimum Gasteiger partial charge on any atom is -0.782 e. The summed E-state index contributed by atoms with van der Waals surface area (Å²) in [5.41, 5.74) is 0.615. The molecule has 0 radical (unpaired) electrons. The van der Waals surface area contributed by atoms with Gasteiger partial charge in [-0.1, -0.05) is 18.6 Å². The summed E-state index contributed by atoms with van der Waals surface area (Å²) in [5, 5.41) is 9.29. The lowest BCUT2D eigenvalue weighted by Gasteiger charge is -2.48. The molecule has 1 fully saturated rings. The smallest absolute Gasteiger partial charge is 0.494 e. The van der Waals surface area contributed by atoms with Gasteiger partial charge in [0.25, 0.3) is 0 Å². The molecule has 26 heavy (non-hydrogen) atoms. The molecule has 0 heterocycles. The Bertz CT molecular complexity index is 659. The number of rotatable bonds is 6. The number of ether oxygens (including phenoxy) is 1. The molecule has 0 N–H and O–H groups in total. The van der Waals surface area contributed by atoms with E-state index >= 15 is 0 Å². The van der Waals surface area contributed by atoms with Gasteiger partial charge in [-0.2, -0.15) is 0 Å². The lowest BCUT2D eigenvalue weighted by molar-refractivity contribution is -0.207. The number of hydrogen-bond acceptors (Lipinski definition) is 6. The van der Waals surface area contributed by atoms with Gasteiger partial charge in [0.1, 0.15) is 6.10 Å². The Morgan fingerprint density at radius 1 is 1.38 bits per heavy atom. The monoisotopic (exact) mass is 384 g/mol. The Hall–Kier alpha value is -1.19. The number of carbonyl (C=O) groups excluding carboxylic acids is 1. The van der Waals surface area contributed by atoms with Crippen LogP contribution in [0.15, 0.2) is 11.6 Å². The average molecular weight is 384 g/mol. The number of nitrogens with zero attached hydrogens (tertiary/aromatic N) is 2. The van der Waals surface area contributed by atoms with E-state index in [4.69, 9.17) is 13.8 Å². The molecule has 0 saturated heterocycles. The van der Waals surface area contributed by atoms with Crippen molar-refractivity contribution in [1.29, 1.82) is 5.39 Å². The van der Waals surface area contributed by atoms with Crippen LogP contribution in [0.25, 0.3) is 4.98 Å². The number of carbonyl (C=O) groups is 1.